The van der Waals surface area contributed by atoms with Crippen molar-refractivity contribution >= 4 is 11.9 Å². The molecule has 0 radical (unpaired) electrons. The Morgan fingerprint density at radius 1 is 1.80 bits per heavy atom. The first-order valence-electron chi connectivity index (χ1n) is 2.88. The van der Waals surface area contributed by atoms with Gasteiger partial charge in [0.25, 0.3) is 0 Å². The van der Waals surface area contributed by atoms with E-state index in [0.717, 1.165) is 0 Å². The Balaban J connectivity index is 2.31. The molecule has 10 heavy (non-hydrogen) atoms. The fraction of sp³-hybridized carbons (Fsp3) is 0.600. The van der Waals surface area contributed by atoms with Crippen molar-refractivity contribution in [2.45, 2.75) is 6.92 Å². The Kier molecular flexibility index (Phi) is 1.86. The Labute approximate surface area is 57.9 Å². The Morgan fingerprint density at radius 3 is 2.90 bits per heavy atom. The van der Waals surface area contributed by atoms with E-state index in [1.807, 2.05) is 0 Å². The first-order valence-corrected chi connectivity index (χ1v) is 2.88. The molecule has 1 heterocycles. The number of carbonyl (C=O) groups is 2. The first kappa shape index (κ1) is 7.01. The summed E-state index contributed by atoms with van der Waals surface area (Å²) in [5, 5.41) is 3.75. The average Bonchev–Trinajstić information content (AvgIpc) is 2.13. The van der Waals surface area contributed by atoms with Crippen LogP contribution in [0.4, 0.5) is 0 Å². The molecule has 0 aromatic rings. The van der Waals surface area contributed by atoms with Gasteiger partial charge in [-0.3, -0.25) is 9.59 Å². The summed E-state index contributed by atoms with van der Waals surface area (Å²) < 4.78 is 0. The summed E-state index contributed by atoms with van der Waals surface area (Å²) >= 11 is 0. The molecular weight excluding hydrogens is 136 g/mol. The molecule has 0 unspecified atom stereocenters. The van der Waals surface area contributed by atoms with Crippen molar-refractivity contribution in [1.82, 2.24) is 10.4 Å². The van der Waals surface area contributed by atoms with Gasteiger partial charge in [0.2, 0.25) is 5.91 Å². The van der Waals surface area contributed by atoms with Gasteiger partial charge in [0.15, 0.2) is 0 Å². The molecule has 1 rings (SSSR count). The largest absolute Gasteiger partial charge is 0.366 e. The van der Waals surface area contributed by atoms with E-state index in [-0.39, 0.29) is 12.5 Å². The number of nitrogens with zero attached hydrogens (tertiary/aromatic N) is 1. The highest BCUT2D eigenvalue weighted by atomic mass is 16.7. The smallest absolute Gasteiger partial charge is 0.322 e. The molecule has 0 aromatic heterocycles. The van der Waals surface area contributed by atoms with Crippen LogP contribution in [0.1, 0.15) is 6.92 Å². The standard InChI is InChI=1S/C5H8N2O3/c1-4(8)10-7-2-5(9)6-3-7/h2-3H2,1H3,(H,6,9). The highest BCUT2D eigenvalue weighted by molar-refractivity contribution is 5.79. The van der Waals surface area contributed by atoms with E-state index in [4.69, 9.17) is 0 Å². The summed E-state index contributed by atoms with van der Waals surface area (Å²) in [6.07, 6.45) is 0. The van der Waals surface area contributed by atoms with Gasteiger partial charge in [-0.2, -0.15) is 0 Å². The lowest BCUT2D eigenvalue weighted by molar-refractivity contribution is -0.182. The Bertz CT molecular complexity index is 168. The SMILES string of the molecule is CC(=O)ON1CNC(=O)C1. The number of hydroxylamine groups is 2. The molecule has 0 aromatic carbocycles. The number of nitrogens with one attached hydrogen (secondary N) is 1. The molecule has 1 amide bonds. The second-order valence-electron chi connectivity index (χ2n) is 1.98. The molecule has 1 aliphatic heterocycles. The zero-order chi connectivity index (χ0) is 7.56. The summed E-state index contributed by atoms with van der Waals surface area (Å²) in [5.41, 5.74) is 0. The number of rotatable bonds is 1. The highest BCUT2D eigenvalue weighted by Crippen LogP contribution is 1.94. The van der Waals surface area contributed by atoms with E-state index in [9.17, 15) is 9.59 Å². The highest BCUT2D eigenvalue weighted by Gasteiger charge is 2.20. The third kappa shape index (κ3) is 1.70. The second kappa shape index (κ2) is 2.66. The Hall–Kier alpha value is -1.10. The van der Waals surface area contributed by atoms with Crippen molar-refractivity contribution in [3.8, 4) is 0 Å². The maximum absolute atomic E-state index is 10.5. The maximum atomic E-state index is 10.5. The van der Waals surface area contributed by atoms with Crippen LogP contribution in [-0.2, 0) is 14.4 Å². The van der Waals surface area contributed by atoms with Gasteiger partial charge in [0.05, 0.1) is 0 Å². The fourth-order valence-electron chi connectivity index (χ4n) is 0.695. The van der Waals surface area contributed by atoms with Crippen LogP contribution in [0.25, 0.3) is 0 Å². The summed E-state index contributed by atoms with van der Waals surface area (Å²) in [6.45, 7) is 1.72. The van der Waals surface area contributed by atoms with Gasteiger partial charge in [-0.15, -0.1) is 5.06 Å². The van der Waals surface area contributed by atoms with Gasteiger partial charge >= 0.3 is 5.97 Å². The van der Waals surface area contributed by atoms with Crippen LogP contribution in [0.15, 0.2) is 0 Å². The molecule has 0 bridgehead atoms. The molecule has 1 saturated heterocycles. The van der Waals surface area contributed by atoms with Gasteiger partial charge in [0, 0.05) is 6.92 Å². The summed E-state index contributed by atoms with van der Waals surface area (Å²) in [5.74, 6) is -0.530. The van der Waals surface area contributed by atoms with Crippen molar-refractivity contribution in [2.75, 3.05) is 13.2 Å². The lowest BCUT2D eigenvalue weighted by Crippen LogP contribution is -2.24. The molecule has 0 spiro atoms. The maximum Gasteiger partial charge on any atom is 0.322 e. The van der Waals surface area contributed by atoms with Crippen LogP contribution in [0, 0.1) is 0 Å². The van der Waals surface area contributed by atoms with Gasteiger partial charge < -0.3 is 10.2 Å². The topological polar surface area (TPSA) is 58.6 Å². The van der Waals surface area contributed by atoms with Crippen LogP contribution in [-0.4, -0.2) is 30.2 Å². The van der Waals surface area contributed by atoms with Crippen LogP contribution in [0.2, 0.25) is 0 Å². The van der Waals surface area contributed by atoms with Crippen molar-refractivity contribution in [3.05, 3.63) is 0 Å². The molecule has 1 aliphatic rings. The number of amides is 1. The van der Waals surface area contributed by atoms with Crippen LogP contribution >= 0.6 is 0 Å². The second-order valence-corrected chi connectivity index (χ2v) is 1.98. The molecule has 0 atom stereocenters. The van der Waals surface area contributed by atoms with E-state index >= 15 is 0 Å². The zero-order valence-corrected chi connectivity index (χ0v) is 5.59. The molecule has 0 saturated carbocycles. The molecular formula is C5H8N2O3. The van der Waals surface area contributed by atoms with Gasteiger partial charge in [-0.05, 0) is 0 Å². The summed E-state index contributed by atoms with van der Waals surface area (Å²) in [7, 11) is 0. The monoisotopic (exact) mass is 144 g/mol. The van der Waals surface area contributed by atoms with E-state index in [2.05, 4.69) is 10.2 Å². The minimum Gasteiger partial charge on any atom is -0.366 e. The summed E-state index contributed by atoms with van der Waals surface area (Å²) in [4.78, 5) is 25.4. The van der Waals surface area contributed by atoms with Crippen LogP contribution in [0.3, 0.4) is 0 Å². The molecule has 1 N–H and O–H groups in total. The predicted molar refractivity (Wildman–Crippen MR) is 31.5 cm³/mol. The van der Waals surface area contributed by atoms with Crippen molar-refractivity contribution in [2.24, 2.45) is 0 Å². The molecule has 56 valence electrons. The minimum atomic E-state index is -0.406. The quantitative estimate of drug-likeness (QED) is 0.505. The lowest BCUT2D eigenvalue weighted by atomic mass is 10.7. The van der Waals surface area contributed by atoms with Crippen molar-refractivity contribution in [3.63, 3.8) is 0 Å². The van der Waals surface area contributed by atoms with Gasteiger partial charge in [0.1, 0.15) is 13.2 Å². The first-order chi connectivity index (χ1) is 4.68. The van der Waals surface area contributed by atoms with Crippen molar-refractivity contribution in [1.29, 1.82) is 0 Å². The van der Waals surface area contributed by atoms with Crippen molar-refractivity contribution < 1.29 is 14.4 Å². The molecule has 1 fully saturated rings. The van der Waals surface area contributed by atoms with E-state index < -0.39 is 5.97 Å². The van der Waals surface area contributed by atoms with Crippen LogP contribution < -0.4 is 5.32 Å². The zero-order valence-electron chi connectivity index (χ0n) is 5.59. The van der Waals surface area contributed by atoms with Crippen LogP contribution in [0.5, 0.6) is 0 Å². The molecule has 5 heteroatoms. The number of hydrogen-bond acceptors (Lipinski definition) is 4. The minimum absolute atomic E-state index is 0.124. The fourth-order valence-corrected chi connectivity index (χ4v) is 0.695. The van der Waals surface area contributed by atoms with Gasteiger partial charge in [-0.25, -0.2) is 0 Å². The lowest BCUT2D eigenvalue weighted by Gasteiger charge is -2.09. The average molecular weight is 144 g/mol. The predicted octanol–water partition coefficient (Wildman–Crippen LogP) is -1.15. The number of carbonyl (C=O) groups excluding carboxylic acids is 2. The third-order valence-corrected chi connectivity index (χ3v) is 1.03. The van der Waals surface area contributed by atoms with E-state index in [1.54, 1.807) is 0 Å². The number of hydrogen-bond donors (Lipinski definition) is 1. The Morgan fingerprint density at radius 2 is 2.50 bits per heavy atom. The molecule has 0 aliphatic carbocycles. The summed E-state index contributed by atoms with van der Waals surface area (Å²) in [6, 6.07) is 0. The molecule has 5 nitrogen and oxygen atoms in total. The third-order valence-electron chi connectivity index (χ3n) is 1.03. The van der Waals surface area contributed by atoms with E-state index in [0.29, 0.717) is 6.67 Å². The van der Waals surface area contributed by atoms with E-state index in [1.165, 1.54) is 12.0 Å². The van der Waals surface area contributed by atoms with Gasteiger partial charge in [-0.1, -0.05) is 0 Å². The normalized spacial score (nSPS) is 18.7.